The van der Waals surface area contributed by atoms with E-state index < -0.39 is 0 Å². The third-order valence-corrected chi connectivity index (χ3v) is 5.32. The molecule has 20 heavy (non-hydrogen) atoms. The molecular weight excluding hydrogens is 246 g/mol. The maximum atomic E-state index is 6.45. The molecule has 1 aliphatic heterocycles. The zero-order valence-corrected chi connectivity index (χ0v) is 12.9. The maximum Gasteiger partial charge on any atom is 0.137 e. The largest absolute Gasteiger partial charge is 0.354 e. The van der Waals surface area contributed by atoms with Crippen molar-refractivity contribution in [2.45, 2.75) is 46.4 Å². The Balaban J connectivity index is 2.00. The van der Waals surface area contributed by atoms with Crippen LogP contribution >= 0.6 is 0 Å². The Bertz CT molecular complexity index is 586. The van der Waals surface area contributed by atoms with Crippen molar-refractivity contribution in [1.29, 1.82) is 0 Å². The lowest BCUT2D eigenvalue weighted by atomic mass is 9.77. The molecule has 0 amide bonds. The Morgan fingerprint density at radius 3 is 2.50 bits per heavy atom. The van der Waals surface area contributed by atoms with Gasteiger partial charge in [0.25, 0.3) is 0 Å². The van der Waals surface area contributed by atoms with Crippen molar-refractivity contribution >= 4 is 10.9 Å². The molecule has 2 heteroatoms. The lowest BCUT2D eigenvalue weighted by Gasteiger charge is -2.44. The van der Waals surface area contributed by atoms with Crippen LogP contribution in [0.4, 0.5) is 0 Å². The van der Waals surface area contributed by atoms with E-state index in [0.29, 0.717) is 23.9 Å². The number of aromatic nitrogens is 1. The topological polar surface area (TPSA) is 14.2 Å². The second kappa shape index (κ2) is 5.25. The number of fused-ring (bicyclic) bond motifs is 1. The third kappa shape index (κ3) is 2.07. The number of nitrogens with zero attached hydrogens (tertiary/aromatic N) is 1. The SMILES string of the molecule is CC[C@H]1O[C@@H](n2ccc3ccccc32)[C@H](C)[C@@H](C)C1C. The Morgan fingerprint density at radius 2 is 1.75 bits per heavy atom. The molecule has 1 aromatic heterocycles. The van der Waals surface area contributed by atoms with Gasteiger partial charge in [0.1, 0.15) is 6.23 Å². The highest BCUT2D eigenvalue weighted by Gasteiger charge is 2.39. The summed E-state index contributed by atoms with van der Waals surface area (Å²) in [6.07, 6.45) is 3.80. The van der Waals surface area contributed by atoms with Crippen LogP contribution in [0.3, 0.4) is 0 Å². The van der Waals surface area contributed by atoms with Crippen molar-refractivity contribution in [3.63, 3.8) is 0 Å². The Morgan fingerprint density at radius 1 is 1.00 bits per heavy atom. The van der Waals surface area contributed by atoms with Crippen LogP contribution in [0, 0.1) is 17.8 Å². The van der Waals surface area contributed by atoms with Gasteiger partial charge in [-0.2, -0.15) is 0 Å². The van der Waals surface area contributed by atoms with Gasteiger partial charge in [-0.05, 0) is 35.8 Å². The molecule has 0 N–H and O–H groups in total. The molecular formula is C18H25NO. The van der Waals surface area contributed by atoms with E-state index in [-0.39, 0.29) is 6.23 Å². The molecule has 3 rings (SSSR count). The first-order valence-corrected chi connectivity index (χ1v) is 7.84. The average Bonchev–Trinajstić information content (AvgIpc) is 2.89. The highest BCUT2D eigenvalue weighted by Crippen LogP contribution is 2.42. The minimum absolute atomic E-state index is 0.158. The summed E-state index contributed by atoms with van der Waals surface area (Å²) in [6, 6.07) is 10.7. The molecule has 2 aromatic rings. The molecule has 2 heterocycles. The molecule has 0 radical (unpaired) electrons. The number of ether oxygens (including phenoxy) is 1. The summed E-state index contributed by atoms with van der Waals surface area (Å²) in [5.74, 6) is 1.84. The van der Waals surface area contributed by atoms with E-state index in [2.05, 4.69) is 68.8 Å². The molecule has 1 fully saturated rings. The molecule has 0 bridgehead atoms. The summed E-state index contributed by atoms with van der Waals surface area (Å²) in [6.45, 7) is 9.26. The van der Waals surface area contributed by atoms with Crippen LogP contribution in [0.5, 0.6) is 0 Å². The van der Waals surface area contributed by atoms with Crippen molar-refractivity contribution in [2.24, 2.45) is 17.8 Å². The monoisotopic (exact) mass is 271 g/mol. The number of hydrogen-bond donors (Lipinski definition) is 0. The highest BCUT2D eigenvalue weighted by molar-refractivity contribution is 5.80. The standard InChI is InChI=1S/C18H25NO/c1-5-17-13(3)12(2)14(4)18(20-17)19-11-10-15-8-6-7-9-16(15)19/h6-14,17-18H,5H2,1-4H3/t12-,13?,14+,17+,18+/m0/s1. The van der Waals surface area contributed by atoms with E-state index in [0.717, 1.165) is 6.42 Å². The van der Waals surface area contributed by atoms with Crippen molar-refractivity contribution in [2.75, 3.05) is 0 Å². The quantitative estimate of drug-likeness (QED) is 0.761. The summed E-state index contributed by atoms with van der Waals surface area (Å²) in [5, 5.41) is 1.29. The predicted octanol–water partition coefficient (Wildman–Crippen LogP) is 4.86. The van der Waals surface area contributed by atoms with Gasteiger partial charge in [0.15, 0.2) is 0 Å². The van der Waals surface area contributed by atoms with Crippen LogP contribution in [0.2, 0.25) is 0 Å². The van der Waals surface area contributed by atoms with E-state index >= 15 is 0 Å². The van der Waals surface area contributed by atoms with Crippen LogP contribution in [0.25, 0.3) is 10.9 Å². The molecule has 1 aliphatic rings. The van der Waals surface area contributed by atoms with Crippen molar-refractivity contribution in [3.8, 4) is 0 Å². The summed E-state index contributed by atoms with van der Waals surface area (Å²) in [4.78, 5) is 0. The summed E-state index contributed by atoms with van der Waals surface area (Å²) in [7, 11) is 0. The van der Waals surface area contributed by atoms with Gasteiger partial charge in [-0.25, -0.2) is 0 Å². The van der Waals surface area contributed by atoms with Gasteiger partial charge in [0.2, 0.25) is 0 Å². The van der Waals surface area contributed by atoms with Crippen molar-refractivity contribution < 1.29 is 4.74 Å². The molecule has 1 aromatic carbocycles. The number of rotatable bonds is 2. The lowest BCUT2D eigenvalue weighted by Crippen LogP contribution is -2.42. The highest BCUT2D eigenvalue weighted by atomic mass is 16.5. The molecule has 0 spiro atoms. The molecule has 5 atom stereocenters. The van der Waals surface area contributed by atoms with Gasteiger partial charge >= 0.3 is 0 Å². The zero-order chi connectivity index (χ0) is 14.3. The van der Waals surface area contributed by atoms with Crippen LogP contribution in [0.15, 0.2) is 36.5 Å². The molecule has 1 unspecified atom stereocenters. The van der Waals surface area contributed by atoms with Gasteiger partial charge in [0.05, 0.1) is 11.6 Å². The van der Waals surface area contributed by atoms with Crippen molar-refractivity contribution in [3.05, 3.63) is 36.5 Å². The fourth-order valence-electron chi connectivity index (χ4n) is 3.62. The molecule has 0 aliphatic carbocycles. The summed E-state index contributed by atoms with van der Waals surface area (Å²) in [5.41, 5.74) is 1.28. The van der Waals surface area contributed by atoms with Crippen LogP contribution in [-0.2, 0) is 4.74 Å². The second-order valence-corrected chi connectivity index (χ2v) is 6.33. The van der Waals surface area contributed by atoms with Gasteiger partial charge in [-0.15, -0.1) is 0 Å². The van der Waals surface area contributed by atoms with E-state index in [1.807, 2.05) is 0 Å². The third-order valence-electron chi connectivity index (χ3n) is 5.32. The molecule has 0 saturated carbocycles. The van der Waals surface area contributed by atoms with Crippen LogP contribution in [0.1, 0.15) is 40.3 Å². The van der Waals surface area contributed by atoms with Gasteiger partial charge in [-0.3, -0.25) is 0 Å². The summed E-state index contributed by atoms with van der Waals surface area (Å²) >= 11 is 0. The normalized spacial score (nSPS) is 34.5. The van der Waals surface area contributed by atoms with E-state index in [1.165, 1.54) is 10.9 Å². The van der Waals surface area contributed by atoms with Crippen molar-refractivity contribution in [1.82, 2.24) is 4.57 Å². The first kappa shape index (κ1) is 13.7. The first-order chi connectivity index (χ1) is 9.63. The van der Waals surface area contributed by atoms with Gasteiger partial charge < -0.3 is 9.30 Å². The van der Waals surface area contributed by atoms with E-state index in [9.17, 15) is 0 Å². The fraction of sp³-hybridized carbons (Fsp3) is 0.556. The Hall–Kier alpha value is -1.28. The molecule has 108 valence electrons. The van der Waals surface area contributed by atoms with E-state index in [1.54, 1.807) is 0 Å². The Kier molecular flexibility index (Phi) is 3.59. The van der Waals surface area contributed by atoms with Crippen LogP contribution < -0.4 is 0 Å². The zero-order valence-electron chi connectivity index (χ0n) is 12.9. The van der Waals surface area contributed by atoms with Gasteiger partial charge in [0, 0.05) is 12.1 Å². The number of para-hydroxylation sites is 1. The maximum absolute atomic E-state index is 6.45. The predicted molar refractivity (Wildman–Crippen MR) is 83.6 cm³/mol. The van der Waals surface area contributed by atoms with Gasteiger partial charge in [-0.1, -0.05) is 45.9 Å². The Labute approximate surface area is 121 Å². The lowest BCUT2D eigenvalue weighted by molar-refractivity contribution is -0.166. The second-order valence-electron chi connectivity index (χ2n) is 6.33. The van der Waals surface area contributed by atoms with Crippen LogP contribution in [-0.4, -0.2) is 10.7 Å². The summed E-state index contributed by atoms with van der Waals surface area (Å²) < 4.78 is 8.77. The number of benzene rings is 1. The average molecular weight is 271 g/mol. The first-order valence-electron chi connectivity index (χ1n) is 7.84. The fourth-order valence-corrected chi connectivity index (χ4v) is 3.62. The smallest absolute Gasteiger partial charge is 0.137 e. The number of hydrogen-bond acceptors (Lipinski definition) is 1. The minimum Gasteiger partial charge on any atom is -0.354 e. The minimum atomic E-state index is 0.158. The molecule has 1 saturated heterocycles. The van der Waals surface area contributed by atoms with E-state index in [4.69, 9.17) is 4.74 Å². The molecule has 2 nitrogen and oxygen atoms in total.